The van der Waals surface area contributed by atoms with E-state index in [1.54, 1.807) is 7.05 Å². The van der Waals surface area contributed by atoms with Gasteiger partial charge >= 0.3 is 0 Å². The summed E-state index contributed by atoms with van der Waals surface area (Å²) in [6.07, 6.45) is 0.0226. The molecule has 8 N–H and O–H groups in total. The zero-order valence-electron chi connectivity index (χ0n) is 23.3. The average molecular weight is 561 g/mol. The van der Waals surface area contributed by atoms with Crippen molar-refractivity contribution < 1.29 is 39.2 Å². The number of ketones is 2. The van der Waals surface area contributed by atoms with Crippen molar-refractivity contribution in [3.05, 3.63) is 39.4 Å². The molecule has 0 heterocycles. The number of phenols is 1. The number of carbonyl (C=O) groups excluding carboxylic acids is 3. The zero-order valence-corrected chi connectivity index (χ0v) is 23.3. The number of aromatic hydroxyl groups is 1. The predicted molar refractivity (Wildman–Crippen MR) is 145 cm³/mol. The number of hydrogen-bond donors (Lipinski definition) is 7. The molecule has 11 nitrogen and oxygen atoms in total. The van der Waals surface area contributed by atoms with E-state index in [2.05, 4.69) is 10.6 Å². The first kappa shape index (κ1) is 29.5. The summed E-state index contributed by atoms with van der Waals surface area (Å²) in [6, 6.07) is -1.20. The molecule has 0 spiro atoms. The number of nitrogens with zero attached hydrogens (tertiary/aromatic N) is 1. The van der Waals surface area contributed by atoms with Crippen molar-refractivity contribution in [3.63, 3.8) is 0 Å². The van der Waals surface area contributed by atoms with E-state index in [1.165, 1.54) is 19.0 Å². The minimum atomic E-state index is -2.75. The smallest absolute Gasteiger partial charge is 0.255 e. The number of halogens is 1. The number of phenolic OH excluding ortho intramolecular Hbond substituents is 1. The van der Waals surface area contributed by atoms with E-state index in [4.69, 9.17) is 5.73 Å². The van der Waals surface area contributed by atoms with E-state index >= 15 is 4.39 Å². The summed E-state index contributed by atoms with van der Waals surface area (Å²) in [5, 5.41) is 51.4. The second-order valence-electron chi connectivity index (χ2n) is 11.5. The monoisotopic (exact) mass is 560 g/mol. The molecule has 0 bridgehead atoms. The van der Waals surface area contributed by atoms with Crippen LogP contribution in [0.15, 0.2) is 16.9 Å². The normalized spacial score (nSPS) is 26.3. The number of anilines is 1. The summed E-state index contributed by atoms with van der Waals surface area (Å²) < 4.78 is 16.1. The first-order valence-electron chi connectivity index (χ1n) is 13.3. The third-order valence-electron chi connectivity index (χ3n) is 8.23. The molecule has 0 saturated heterocycles. The minimum Gasteiger partial charge on any atom is -0.508 e. The highest BCUT2D eigenvalue weighted by Gasteiger charge is 2.64. The number of aliphatic hydroxyl groups is 3. The molecular formula is C28H37FN4O7. The number of Topliss-reactive ketones (excluding diaryl/α,β-unsaturated/α-hetero) is 2. The van der Waals surface area contributed by atoms with Crippen LogP contribution in [0, 0.1) is 23.6 Å². The Hall–Kier alpha value is -3.48. The first-order chi connectivity index (χ1) is 18.7. The largest absolute Gasteiger partial charge is 0.508 e. The second kappa shape index (κ2) is 10.5. The predicted octanol–water partition coefficient (Wildman–Crippen LogP) is 0.933. The number of rotatable bonds is 8. The molecule has 1 saturated carbocycles. The van der Waals surface area contributed by atoms with Crippen molar-refractivity contribution in [2.24, 2.45) is 23.5 Å². The van der Waals surface area contributed by atoms with E-state index in [-0.39, 0.29) is 53.1 Å². The van der Waals surface area contributed by atoms with Gasteiger partial charge in [0.1, 0.15) is 28.7 Å². The van der Waals surface area contributed by atoms with Crippen molar-refractivity contribution in [3.8, 4) is 5.75 Å². The Morgan fingerprint density at radius 1 is 1.23 bits per heavy atom. The van der Waals surface area contributed by atoms with Crippen LogP contribution in [0.3, 0.4) is 0 Å². The van der Waals surface area contributed by atoms with Gasteiger partial charge in [-0.15, -0.1) is 0 Å². The highest BCUT2D eigenvalue weighted by atomic mass is 19.1. The van der Waals surface area contributed by atoms with E-state index < -0.39 is 69.6 Å². The lowest BCUT2D eigenvalue weighted by molar-refractivity contribution is -0.153. The molecule has 1 aromatic carbocycles. The number of benzene rings is 1. The van der Waals surface area contributed by atoms with Crippen LogP contribution in [0.1, 0.15) is 37.0 Å². The molecule has 0 aromatic heterocycles. The zero-order chi connectivity index (χ0) is 29.8. The fraction of sp³-hybridized carbons (Fsp3) is 0.536. The van der Waals surface area contributed by atoms with E-state index in [0.29, 0.717) is 13.1 Å². The quantitative estimate of drug-likeness (QED) is 0.178. The third-order valence-corrected chi connectivity index (χ3v) is 8.23. The summed E-state index contributed by atoms with van der Waals surface area (Å²) in [7, 11) is 4.75. The summed E-state index contributed by atoms with van der Waals surface area (Å²) in [4.78, 5) is 40.7. The Kier molecular flexibility index (Phi) is 7.74. The van der Waals surface area contributed by atoms with Crippen molar-refractivity contribution in [1.82, 2.24) is 10.2 Å². The van der Waals surface area contributed by atoms with E-state index in [9.17, 15) is 34.8 Å². The van der Waals surface area contributed by atoms with Gasteiger partial charge in [-0.3, -0.25) is 19.3 Å². The molecule has 12 heteroatoms. The van der Waals surface area contributed by atoms with Crippen molar-refractivity contribution in [2.75, 3.05) is 39.5 Å². The van der Waals surface area contributed by atoms with Crippen LogP contribution in [0.25, 0.3) is 5.76 Å². The maximum atomic E-state index is 16.1. The number of hydrogen-bond acceptors (Lipinski definition) is 10. The van der Waals surface area contributed by atoms with Crippen molar-refractivity contribution in [1.29, 1.82) is 0 Å². The topological polar surface area (TPSA) is 185 Å². The van der Waals surface area contributed by atoms with Gasteiger partial charge in [0, 0.05) is 29.2 Å². The highest BCUT2D eigenvalue weighted by Crippen LogP contribution is 2.54. The Balaban J connectivity index is 1.96. The fourth-order valence-corrected chi connectivity index (χ4v) is 6.37. The molecule has 3 aliphatic rings. The number of nitrogens with two attached hydrogens (primary N) is 1. The molecule has 4 rings (SSSR count). The van der Waals surface area contributed by atoms with Crippen molar-refractivity contribution in [2.45, 2.75) is 44.8 Å². The van der Waals surface area contributed by atoms with Crippen LogP contribution in [-0.2, 0) is 27.2 Å². The number of likely N-dealkylation sites (N-methyl/N-ethyl adjacent to an activating group) is 2. The van der Waals surface area contributed by atoms with Crippen LogP contribution in [0.4, 0.5) is 10.1 Å². The van der Waals surface area contributed by atoms with Crippen LogP contribution in [-0.4, -0.2) is 88.7 Å². The summed E-state index contributed by atoms with van der Waals surface area (Å²) >= 11 is 0. The summed E-state index contributed by atoms with van der Waals surface area (Å²) in [5.41, 5.74) is 1.47. The molecule has 3 aliphatic carbocycles. The van der Waals surface area contributed by atoms with Gasteiger partial charge in [-0.2, -0.15) is 0 Å². The lowest BCUT2D eigenvalue weighted by atomic mass is 9.57. The molecule has 0 radical (unpaired) electrons. The molecule has 218 valence electrons. The van der Waals surface area contributed by atoms with Gasteiger partial charge in [0.2, 0.25) is 5.78 Å². The maximum absolute atomic E-state index is 16.1. The SMILES string of the molecule is CNCCc1c(F)c2c(c(O)c1NCC(C)C)C(O)=C1C(=O)[C@]3(O)C(O)=C(C(N)=O)C(=O)[C@@H](N(C)C)[C@@H]3C[C@@H]1C2. The summed E-state index contributed by atoms with van der Waals surface area (Å²) in [5.74, 6) is -8.16. The molecule has 0 unspecified atom stereocenters. The molecule has 1 amide bonds. The molecule has 4 atom stereocenters. The fourth-order valence-electron chi connectivity index (χ4n) is 6.37. The van der Waals surface area contributed by atoms with Crippen LogP contribution in [0.2, 0.25) is 0 Å². The second-order valence-corrected chi connectivity index (χ2v) is 11.5. The van der Waals surface area contributed by atoms with E-state index in [1.807, 2.05) is 13.8 Å². The number of fused-ring (bicyclic) bond motifs is 3. The van der Waals surface area contributed by atoms with Crippen LogP contribution >= 0.6 is 0 Å². The van der Waals surface area contributed by atoms with Crippen LogP contribution in [0.5, 0.6) is 5.75 Å². The standard InChI is InChI=1S/C28H37FN4O7/c1-11(2)10-32-20-13(6-7-31-3)19(29)14-8-12-9-15-21(33(4)5)24(36)18(27(30)39)26(38)28(15,40)25(37)16(12)22(34)17(14)23(20)35/h11-12,15,21,31-32,34-35,38,40H,6-10H2,1-5H3,(H2,30,39)/t12-,15-,21-,28-/m0/s1. The van der Waals surface area contributed by atoms with Gasteiger partial charge in [-0.05, 0) is 58.8 Å². The van der Waals surface area contributed by atoms with Gasteiger partial charge in [-0.25, -0.2) is 4.39 Å². The van der Waals surface area contributed by atoms with Gasteiger partial charge in [0.25, 0.3) is 5.91 Å². The number of carbonyl (C=O) groups is 3. The number of aliphatic hydroxyl groups excluding tert-OH is 2. The first-order valence-corrected chi connectivity index (χ1v) is 13.3. The van der Waals surface area contributed by atoms with Crippen LogP contribution < -0.4 is 16.4 Å². The Labute approximate surface area is 231 Å². The molecule has 0 aliphatic heterocycles. The highest BCUT2D eigenvalue weighted by molar-refractivity contribution is 6.24. The Bertz CT molecular complexity index is 1350. The lowest BCUT2D eigenvalue weighted by Crippen LogP contribution is -2.65. The molecular weight excluding hydrogens is 523 g/mol. The summed E-state index contributed by atoms with van der Waals surface area (Å²) in [6.45, 7) is 4.68. The van der Waals surface area contributed by atoms with Gasteiger partial charge in [-0.1, -0.05) is 13.8 Å². The number of nitrogens with one attached hydrogen (secondary N) is 2. The lowest BCUT2D eigenvalue weighted by Gasteiger charge is -2.50. The molecule has 40 heavy (non-hydrogen) atoms. The van der Waals surface area contributed by atoms with Gasteiger partial charge in [0.15, 0.2) is 11.4 Å². The molecule has 1 aromatic rings. The average Bonchev–Trinajstić information content (AvgIpc) is 2.86. The Morgan fingerprint density at radius 3 is 2.42 bits per heavy atom. The van der Waals surface area contributed by atoms with Gasteiger partial charge < -0.3 is 36.8 Å². The Morgan fingerprint density at radius 2 is 1.88 bits per heavy atom. The third kappa shape index (κ3) is 4.25. The van der Waals surface area contributed by atoms with Gasteiger partial charge in [0.05, 0.1) is 17.3 Å². The number of primary amides is 1. The minimum absolute atomic E-state index is 0.0179. The number of amides is 1. The van der Waals surface area contributed by atoms with E-state index in [0.717, 1.165) is 0 Å². The maximum Gasteiger partial charge on any atom is 0.255 e. The van der Waals surface area contributed by atoms with Crippen molar-refractivity contribution >= 4 is 28.9 Å². The molecule has 1 fully saturated rings.